The number of ether oxygens (including phenoxy) is 1. The van der Waals surface area contributed by atoms with Crippen molar-refractivity contribution < 1.29 is 30.3 Å². The first kappa shape index (κ1) is 12.4. The summed E-state index contributed by atoms with van der Waals surface area (Å²) in [6.07, 6.45) is -7.16. The van der Waals surface area contributed by atoms with Crippen LogP contribution in [0, 0.1) is 0 Å². The van der Waals surface area contributed by atoms with Crippen LogP contribution in [0.15, 0.2) is 11.3 Å². The highest BCUT2D eigenvalue weighted by atomic mass is 16.6. The molecule has 6 nitrogen and oxygen atoms in total. The molecular weight excluding hydrogens is 204 g/mol. The van der Waals surface area contributed by atoms with Crippen LogP contribution in [0.5, 0.6) is 0 Å². The Hall–Kier alpha value is -0.660. The van der Waals surface area contributed by atoms with Gasteiger partial charge in [0.15, 0.2) is 6.29 Å². The van der Waals surface area contributed by atoms with Crippen LogP contribution in [0.1, 0.15) is 13.8 Å². The van der Waals surface area contributed by atoms with Crippen LogP contribution in [0.4, 0.5) is 0 Å². The van der Waals surface area contributed by atoms with Crippen molar-refractivity contribution >= 4 is 0 Å². The van der Waals surface area contributed by atoms with Crippen molar-refractivity contribution in [3.05, 3.63) is 11.3 Å². The third-order valence-corrected chi connectivity index (χ3v) is 2.38. The zero-order valence-corrected chi connectivity index (χ0v) is 8.53. The van der Waals surface area contributed by atoms with Gasteiger partial charge in [-0.25, -0.2) is 0 Å². The average molecular weight is 220 g/mol. The van der Waals surface area contributed by atoms with Crippen molar-refractivity contribution in [1.29, 1.82) is 0 Å². The van der Waals surface area contributed by atoms with Crippen molar-refractivity contribution in [1.82, 2.24) is 0 Å². The quantitative estimate of drug-likeness (QED) is 0.367. The van der Waals surface area contributed by atoms with Gasteiger partial charge in [-0.15, -0.1) is 0 Å². The molecule has 6 heteroatoms. The van der Waals surface area contributed by atoms with E-state index in [1.165, 1.54) is 0 Å². The SMILES string of the molecule is CC(C)=C(O)[C@@H](O)[C@H]1O[C@@H](O)[C@@H](O)[C@H]1O. The maximum absolute atomic E-state index is 9.58. The molecule has 0 aromatic carbocycles. The Morgan fingerprint density at radius 3 is 2.00 bits per heavy atom. The van der Waals surface area contributed by atoms with Crippen molar-refractivity contribution in [3.63, 3.8) is 0 Å². The predicted octanol–water partition coefficient (Wildman–Crippen LogP) is -1.36. The topological polar surface area (TPSA) is 110 Å². The maximum Gasteiger partial charge on any atom is 0.184 e. The summed E-state index contributed by atoms with van der Waals surface area (Å²) < 4.78 is 4.73. The molecule has 0 amide bonds. The molecule has 5 N–H and O–H groups in total. The molecular formula is C9H16O6. The Morgan fingerprint density at radius 1 is 1.13 bits per heavy atom. The molecule has 0 saturated carbocycles. The number of allylic oxidation sites excluding steroid dienone is 1. The lowest BCUT2D eigenvalue weighted by molar-refractivity contribution is -0.144. The molecule has 1 saturated heterocycles. The van der Waals surface area contributed by atoms with Crippen LogP contribution in [0.25, 0.3) is 0 Å². The Morgan fingerprint density at radius 2 is 1.67 bits per heavy atom. The van der Waals surface area contributed by atoms with Crippen LogP contribution in [-0.2, 0) is 4.74 Å². The van der Waals surface area contributed by atoms with Gasteiger partial charge in [-0.05, 0) is 19.4 Å². The van der Waals surface area contributed by atoms with E-state index in [1.54, 1.807) is 13.8 Å². The largest absolute Gasteiger partial charge is 0.510 e. The molecule has 0 aliphatic carbocycles. The highest BCUT2D eigenvalue weighted by Gasteiger charge is 2.46. The molecule has 88 valence electrons. The fourth-order valence-electron chi connectivity index (χ4n) is 1.40. The normalized spacial score (nSPS) is 37.7. The number of aliphatic hydroxyl groups is 5. The number of rotatable bonds is 2. The molecule has 0 unspecified atom stereocenters. The van der Waals surface area contributed by atoms with Crippen molar-refractivity contribution in [2.45, 2.75) is 44.6 Å². The fraction of sp³-hybridized carbons (Fsp3) is 0.778. The molecule has 1 aliphatic heterocycles. The lowest BCUT2D eigenvalue weighted by Crippen LogP contribution is -2.40. The smallest absolute Gasteiger partial charge is 0.184 e. The molecule has 0 spiro atoms. The summed E-state index contributed by atoms with van der Waals surface area (Å²) in [4.78, 5) is 0. The summed E-state index contributed by atoms with van der Waals surface area (Å²) in [6.45, 7) is 3.15. The van der Waals surface area contributed by atoms with Gasteiger partial charge >= 0.3 is 0 Å². The van der Waals surface area contributed by atoms with E-state index in [9.17, 15) is 20.4 Å². The van der Waals surface area contributed by atoms with Crippen LogP contribution < -0.4 is 0 Å². The Bertz CT molecular complexity index is 259. The van der Waals surface area contributed by atoms with E-state index in [0.717, 1.165) is 0 Å². The third kappa shape index (κ3) is 2.30. The molecule has 0 bridgehead atoms. The molecule has 0 aromatic rings. The van der Waals surface area contributed by atoms with E-state index in [2.05, 4.69) is 0 Å². The number of hydrogen-bond donors (Lipinski definition) is 5. The molecule has 1 aliphatic rings. The molecule has 1 rings (SSSR count). The summed E-state index contributed by atoms with van der Waals surface area (Å²) in [6, 6.07) is 0. The Kier molecular flexibility index (Phi) is 3.69. The van der Waals surface area contributed by atoms with Gasteiger partial charge in [-0.2, -0.15) is 0 Å². The first-order valence-electron chi connectivity index (χ1n) is 4.60. The number of hydrogen-bond acceptors (Lipinski definition) is 6. The van der Waals surface area contributed by atoms with Crippen LogP contribution >= 0.6 is 0 Å². The molecule has 5 atom stereocenters. The highest BCUT2D eigenvalue weighted by molar-refractivity contribution is 5.10. The first-order chi connectivity index (χ1) is 6.86. The highest BCUT2D eigenvalue weighted by Crippen LogP contribution is 2.25. The van der Waals surface area contributed by atoms with Crippen LogP contribution in [0.2, 0.25) is 0 Å². The van der Waals surface area contributed by atoms with E-state index < -0.39 is 30.7 Å². The van der Waals surface area contributed by atoms with Gasteiger partial charge in [0.25, 0.3) is 0 Å². The Balaban J connectivity index is 2.78. The summed E-state index contributed by atoms with van der Waals surface area (Å²) in [5.74, 6) is -0.333. The monoisotopic (exact) mass is 220 g/mol. The second kappa shape index (κ2) is 4.46. The zero-order valence-electron chi connectivity index (χ0n) is 8.53. The number of aliphatic hydroxyl groups excluding tert-OH is 5. The molecule has 15 heavy (non-hydrogen) atoms. The minimum atomic E-state index is -1.55. The maximum atomic E-state index is 9.58. The van der Waals surface area contributed by atoms with Gasteiger partial charge in [-0.3, -0.25) is 0 Å². The van der Waals surface area contributed by atoms with Crippen LogP contribution in [-0.4, -0.2) is 56.2 Å². The van der Waals surface area contributed by atoms with E-state index >= 15 is 0 Å². The zero-order chi connectivity index (χ0) is 11.7. The minimum absolute atomic E-state index is 0.333. The molecule has 1 fully saturated rings. The van der Waals surface area contributed by atoms with Gasteiger partial charge in [0.2, 0.25) is 0 Å². The van der Waals surface area contributed by atoms with Gasteiger partial charge in [0.1, 0.15) is 30.2 Å². The summed E-state index contributed by atoms with van der Waals surface area (Å²) in [5.41, 5.74) is 0.467. The average Bonchev–Trinajstić information content (AvgIpc) is 2.43. The van der Waals surface area contributed by atoms with E-state index in [4.69, 9.17) is 9.84 Å². The van der Waals surface area contributed by atoms with Crippen molar-refractivity contribution in [2.75, 3.05) is 0 Å². The second-order valence-electron chi connectivity index (χ2n) is 3.80. The van der Waals surface area contributed by atoms with Gasteiger partial charge < -0.3 is 30.3 Å². The van der Waals surface area contributed by atoms with E-state index in [0.29, 0.717) is 5.57 Å². The van der Waals surface area contributed by atoms with Gasteiger partial charge in [0, 0.05) is 0 Å². The summed E-state index contributed by atoms with van der Waals surface area (Å²) in [7, 11) is 0. The van der Waals surface area contributed by atoms with Gasteiger partial charge in [-0.1, -0.05) is 0 Å². The summed E-state index contributed by atoms with van der Waals surface area (Å²) in [5, 5.41) is 46.6. The molecule has 0 radical (unpaired) electrons. The van der Waals surface area contributed by atoms with Crippen molar-refractivity contribution in [3.8, 4) is 0 Å². The van der Waals surface area contributed by atoms with E-state index in [1.807, 2.05) is 0 Å². The van der Waals surface area contributed by atoms with Gasteiger partial charge in [0.05, 0.1) is 0 Å². The predicted molar refractivity (Wildman–Crippen MR) is 49.9 cm³/mol. The third-order valence-electron chi connectivity index (χ3n) is 2.38. The fourth-order valence-corrected chi connectivity index (χ4v) is 1.40. The summed E-state index contributed by atoms with van der Waals surface area (Å²) >= 11 is 0. The Labute approximate surface area is 87.0 Å². The van der Waals surface area contributed by atoms with E-state index in [-0.39, 0.29) is 5.76 Å². The lowest BCUT2D eigenvalue weighted by atomic mass is 10.0. The molecule has 0 aromatic heterocycles. The standard InChI is InChI=1S/C9H16O6/c1-3(2)4(10)5(11)8-6(12)7(13)9(14)15-8/h5-14H,1-2H3/t5-,6-,7+,8-,9-/m1/s1. The lowest BCUT2D eigenvalue weighted by Gasteiger charge is -2.20. The van der Waals surface area contributed by atoms with Crippen LogP contribution in [0.3, 0.4) is 0 Å². The first-order valence-corrected chi connectivity index (χ1v) is 4.60. The minimum Gasteiger partial charge on any atom is -0.510 e. The molecule has 1 heterocycles. The van der Waals surface area contributed by atoms with Crippen molar-refractivity contribution in [2.24, 2.45) is 0 Å². The second-order valence-corrected chi connectivity index (χ2v) is 3.80.